The summed E-state index contributed by atoms with van der Waals surface area (Å²) in [6.07, 6.45) is 4.63. The molecular formula is C22H36N4O. The molecule has 0 bridgehead atoms. The van der Waals surface area contributed by atoms with E-state index in [1.54, 1.807) is 7.05 Å². The van der Waals surface area contributed by atoms with Crippen molar-refractivity contribution in [3.8, 4) is 0 Å². The van der Waals surface area contributed by atoms with E-state index in [2.05, 4.69) is 53.9 Å². The number of hydrogen-bond donors (Lipinski definition) is 1. The number of nitrogens with one attached hydrogen (secondary N) is 1. The maximum Gasteiger partial charge on any atom is 0.269 e. The fourth-order valence-corrected chi connectivity index (χ4v) is 4.59. The summed E-state index contributed by atoms with van der Waals surface area (Å²) in [6.45, 7) is 13.9. The van der Waals surface area contributed by atoms with Crippen LogP contribution in [0.15, 0.2) is 12.1 Å². The maximum atomic E-state index is 11.9. The molecule has 1 unspecified atom stereocenters. The number of anilines is 1. The fourth-order valence-electron chi connectivity index (χ4n) is 4.59. The van der Waals surface area contributed by atoms with Crippen LogP contribution in [0.5, 0.6) is 0 Å². The van der Waals surface area contributed by atoms with E-state index in [0.29, 0.717) is 11.1 Å². The summed E-state index contributed by atoms with van der Waals surface area (Å²) in [5.74, 6) is 0.709. The van der Waals surface area contributed by atoms with Gasteiger partial charge < -0.3 is 10.2 Å². The molecule has 1 atom stereocenters. The molecule has 0 aromatic carbocycles. The minimum absolute atomic E-state index is 0.114. The first-order valence-electron chi connectivity index (χ1n) is 10.5. The van der Waals surface area contributed by atoms with Crippen LogP contribution in [0.3, 0.4) is 0 Å². The van der Waals surface area contributed by atoms with E-state index >= 15 is 0 Å². The zero-order valence-electron chi connectivity index (χ0n) is 17.7. The summed E-state index contributed by atoms with van der Waals surface area (Å²) >= 11 is 0. The Kier molecular flexibility index (Phi) is 6.09. The third kappa shape index (κ3) is 4.45. The van der Waals surface area contributed by atoms with Crippen molar-refractivity contribution in [2.45, 2.75) is 59.4 Å². The summed E-state index contributed by atoms with van der Waals surface area (Å²) in [4.78, 5) is 21.7. The molecule has 1 aromatic rings. The highest BCUT2D eigenvalue weighted by Crippen LogP contribution is 2.36. The lowest BCUT2D eigenvalue weighted by molar-refractivity contribution is 0.0958. The van der Waals surface area contributed by atoms with Crippen molar-refractivity contribution in [2.75, 3.05) is 38.1 Å². The molecule has 27 heavy (non-hydrogen) atoms. The van der Waals surface area contributed by atoms with Crippen LogP contribution in [0.25, 0.3) is 0 Å². The van der Waals surface area contributed by atoms with Crippen LogP contribution in [0.4, 0.5) is 5.69 Å². The minimum atomic E-state index is -0.114. The highest BCUT2D eigenvalue weighted by atomic mass is 16.1. The van der Waals surface area contributed by atoms with Gasteiger partial charge >= 0.3 is 0 Å². The van der Waals surface area contributed by atoms with Gasteiger partial charge in [-0.2, -0.15) is 0 Å². The number of pyridine rings is 1. The molecule has 5 heteroatoms. The van der Waals surface area contributed by atoms with Crippen LogP contribution in [-0.2, 0) is 6.42 Å². The van der Waals surface area contributed by atoms with Crippen molar-refractivity contribution >= 4 is 11.6 Å². The zero-order valence-corrected chi connectivity index (χ0v) is 17.7. The minimum Gasteiger partial charge on any atom is -0.370 e. The van der Waals surface area contributed by atoms with Gasteiger partial charge in [0.05, 0.1) is 11.4 Å². The molecule has 0 spiro atoms. The number of piperidine rings is 1. The average molecular weight is 373 g/mol. The van der Waals surface area contributed by atoms with E-state index < -0.39 is 0 Å². The SMILES string of the molecule is CCc1nc(C(=O)NC)ccc1N1CCC(N2CCC(C(C)(C)C)C2)CC1. The lowest BCUT2D eigenvalue weighted by Crippen LogP contribution is -2.44. The molecule has 5 nitrogen and oxygen atoms in total. The molecule has 2 saturated heterocycles. The van der Waals surface area contributed by atoms with Crippen molar-refractivity contribution in [2.24, 2.45) is 11.3 Å². The van der Waals surface area contributed by atoms with E-state index in [1.165, 1.54) is 38.0 Å². The second-order valence-electron chi connectivity index (χ2n) is 9.16. The van der Waals surface area contributed by atoms with Crippen molar-refractivity contribution in [3.63, 3.8) is 0 Å². The van der Waals surface area contributed by atoms with E-state index in [1.807, 2.05) is 6.07 Å². The van der Waals surface area contributed by atoms with Crippen LogP contribution in [0.1, 0.15) is 63.1 Å². The van der Waals surface area contributed by atoms with Gasteiger partial charge in [-0.3, -0.25) is 9.69 Å². The first kappa shape index (κ1) is 20.1. The fraction of sp³-hybridized carbons (Fsp3) is 0.727. The number of nitrogens with zero attached hydrogens (tertiary/aromatic N) is 3. The molecule has 2 aliphatic heterocycles. The second kappa shape index (κ2) is 8.17. The summed E-state index contributed by atoms with van der Waals surface area (Å²) in [6, 6.07) is 4.66. The summed E-state index contributed by atoms with van der Waals surface area (Å²) in [5.41, 5.74) is 3.17. The molecule has 3 heterocycles. The van der Waals surface area contributed by atoms with Crippen LogP contribution < -0.4 is 10.2 Å². The zero-order chi connectivity index (χ0) is 19.6. The number of hydrogen-bond acceptors (Lipinski definition) is 4. The molecule has 1 amide bonds. The van der Waals surface area contributed by atoms with E-state index in [9.17, 15) is 4.79 Å². The highest BCUT2D eigenvalue weighted by molar-refractivity contribution is 5.92. The third-order valence-electron chi connectivity index (χ3n) is 6.51. The number of carbonyl (C=O) groups is 1. The first-order valence-corrected chi connectivity index (χ1v) is 10.5. The number of amides is 1. The Balaban J connectivity index is 1.62. The van der Waals surface area contributed by atoms with Crippen LogP contribution >= 0.6 is 0 Å². The van der Waals surface area contributed by atoms with Gasteiger partial charge in [0, 0.05) is 32.7 Å². The largest absolute Gasteiger partial charge is 0.370 e. The van der Waals surface area contributed by atoms with Crippen molar-refractivity contribution in [1.29, 1.82) is 0 Å². The Morgan fingerprint density at radius 3 is 2.44 bits per heavy atom. The molecule has 2 fully saturated rings. The summed E-state index contributed by atoms with van der Waals surface area (Å²) in [7, 11) is 1.65. The molecule has 1 aromatic heterocycles. The number of likely N-dealkylation sites (tertiary alicyclic amines) is 1. The molecule has 0 saturated carbocycles. The van der Waals surface area contributed by atoms with E-state index in [-0.39, 0.29) is 5.91 Å². The van der Waals surface area contributed by atoms with Gasteiger partial charge in [-0.1, -0.05) is 27.7 Å². The highest BCUT2D eigenvalue weighted by Gasteiger charge is 2.35. The van der Waals surface area contributed by atoms with Crippen molar-refractivity contribution in [1.82, 2.24) is 15.2 Å². The van der Waals surface area contributed by atoms with Gasteiger partial charge in [0.15, 0.2) is 0 Å². The van der Waals surface area contributed by atoms with Gasteiger partial charge in [0.25, 0.3) is 5.91 Å². The Morgan fingerprint density at radius 2 is 1.89 bits per heavy atom. The van der Waals surface area contributed by atoms with Crippen LogP contribution in [-0.4, -0.2) is 55.1 Å². The smallest absolute Gasteiger partial charge is 0.269 e. The summed E-state index contributed by atoms with van der Waals surface area (Å²) < 4.78 is 0. The van der Waals surface area contributed by atoms with Crippen molar-refractivity contribution < 1.29 is 4.79 Å². The monoisotopic (exact) mass is 372 g/mol. The third-order valence-corrected chi connectivity index (χ3v) is 6.51. The number of rotatable bonds is 4. The molecule has 3 rings (SSSR count). The normalized spacial score (nSPS) is 22.3. The Labute approximate surface area is 164 Å². The molecule has 150 valence electrons. The quantitative estimate of drug-likeness (QED) is 0.881. The van der Waals surface area contributed by atoms with E-state index in [0.717, 1.165) is 37.2 Å². The average Bonchev–Trinajstić information content (AvgIpc) is 3.17. The summed E-state index contributed by atoms with van der Waals surface area (Å²) in [5, 5.41) is 2.66. The molecular weight excluding hydrogens is 336 g/mol. The Hall–Kier alpha value is -1.62. The van der Waals surface area contributed by atoms with Crippen molar-refractivity contribution in [3.05, 3.63) is 23.5 Å². The van der Waals surface area contributed by atoms with Crippen LogP contribution in [0, 0.1) is 11.3 Å². The second-order valence-corrected chi connectivity index (χ2v) is 9.16. The topological polar surface area (TPSA) is 48.5 Å². The van der Waals surface area contributed by atoms with Gasteiger partial charge in [-0.15, -0.1) is 0 Å². The van der Waals surface area contributed by atoms with Gasteiger partial charge in [0.1, 0.15) is 5.69 Å². The lowest BCUT2D eigenvalue weighted by atomic mass is 9.80. The van der Waals surface area contributed by atoms with Crippen LogP contribution in [0.2, 0.25) is 0 Å². The number of aromatic nitrogens is 1. The van der Waals surface area contributed by atoms with Gasteiger partial charge in [-0.25, -0.2) is 4.98 Å². The van der Waals surface area contributed by atoms with Gasteiger partial charge in [0.2, 0.25) is 0 Å². The first-order chi connectivity index (χ1) is 12.8. The maximum absolute atomic E-state index is 11.9. The van der Waals surface area contributed by atoms with E-state index in [4.69, 9.17) is 0 Å². The molecule has 2 aliphatic rings. The Bertz CT molecular complexity index is 659. The molecule has 0 radical (unpaired) electrons. The number of aryl methyl sites for hydroxylation is 1. The predicted octanol–water partition coefficient (Wildman–Crippen LogP) is 3.34. The van der Waals surface area contributed by atoms with Gasteiger partial charge in [-0.05, 0) is 55.7 Å². The molecule has 0 aliphatic carbocycles. The predicted molar refractivity (Wildman–Crippen MR) is 111 cm³/mol. The molecule has 1 N–H and O–H groups in total. The number of carbonyl (C=O) groups excluding carboxylic acids is 1. The standard InChI is InChI=1S/C22H36N4O/c1-6-18-20(8-7-19(24-18)21(27)23-5)25-13-10-17(11-14-25)26-12-9-16(15-26)22(2,3)4/h7-8,16-17H,6,9-15H2,1-5H3,(H,23,27). The lowest BCUT2D eigenvalue weighted by Gasteiger charge is -2.39. The Morgan fingerprint density at radius 1 is 1.19 bits per heavy atom.